The number of ether oxygens (including phenoxy) is 2. The number of para-hydroxylation sites is 1. The van der Waals surface area contributed by atoms with Crippen LogP contribution in [0.4, 0.5) is 0 Å². The third-order valence-corrected chi connectivity index (χ3v) is 5.12. The van der Waals surface area contributed by atoms with Crippen molar-refractivity contribution in [3.63, 3.8) is 0 Å². The largest absolute Gasteiger partial charge is 0.457 e. The van der Waals surface area contributed by atoms with Gasteiger partial charge in [-0.25, -0.2) is 0 Å². The molecule has 2 aromatic carbocycles. The van der Waals surface area contributed by atoms with Gasteiger partial charge in [-0.05, 0) is 79.8 Å². The lowest BCUT2D eigenvalue weighted by atomic mass is 9.84. The van der Waals surface area contributed by atoms with E-state index in [1.807, 2.05) is 37.3 Å². The number of hydrogen-bond acceptors (Lipinski definition) is 3. The maximum Gasteiger partial charge on any atom is 0.138 e. The number of hydrogen-bond donors (Lipinski definition) is 1. The Morgan fingerprint density at radius 3 is 1.96 bits per heavy atom. The molecule has 0 aliphatic heterocycles. The highest BCUT2D eigenvalue weighted by Crippen LogP contribution is 2.41. The Hall–Kier alpha value is -1.84. The molecule has 0 aliphatic rings. The molecular formula is C25H37NO2. The van der Waals surface area contributed by atoms with E-state index in [2.05, 4.69) is 41.5 Å². The molecule has 2 aromatic rings. The molecule has 0 radical (unpaired) electrons. The van der Waals surface area contributed by atoms with Crippen molar-refractivity contribution in [1.29, 1.82) is 0 Å². The van der Waals surface area contributed by atoms with E-state index in [0.29, 0.717) is 18.4 Å². The lowest BCUT2D eigenvalue weighted by Crippen LogP contribution is -2.20. The first-order valence-electron chi connectivity index (χ1n) is 10.5. The predicted molar refractivity (Wildman–Crippen MR) is 118 cm³/mol. The molecule has 0 aliphatic carbocycles. The molecule has 0 amide bonds. The van der Waals surface area contributed by atoms with Crippen molar-refractivity contribution in [2.45, 2.75) is 67.5 Å². The molecule has 0 bridgehead atoms. The van der Waals surface area contributed by atoms with Gasteiger partial charge in [0.15, 0.2) is 0 Å². The maximum absolute atomic E-state index is 6.51. The highest BCUT2D eigenvalue weighted by molar-refractivity contribution is 5.57. The second-order valence-electron chi connectivity index (χ2n) is 8.44. The second-order valence-corrected chi connectivity index (χ2v) is 8.44. The van der Waals surface area contributed by atoms with Crippen molar-refractivity contribution in [3.8, 4) is 11.5 Å². The lowest BCUT2D eigenvalue weighted by molar-refractivity contribution is 0.0653. The maximum atomic E-state index is 6.51. The standard InChI is InChI=1S/C25H37NO2/c1-8-27-25(26)23-19(7)18(6)21(14-16(2)3)22(15-17(4)5)24(23)28-20-12-10-9-11-13-20/h9-13,16-17,25H,8,14-15,26H2,1-7H3. The summed E-state index contributed by atoms with van der Waals surface area (Å²) >= 11 is 0. The zero-order valence-corrected chi connectivity index (χ0v) is 18.6. The molecule has 2 N–H and O–H groups in total. The van der Waals surface area contributed by atoms with Gasteiger partial charge in [0.2, 0.25) is 0 Å². The van der Waals surface area contributed by atoms with Crippen LogP contribution in [0.15, 0.2) is 30.3 Å². The minimum atomic E-state index is -0.499. The van der Waals surface area contributed by atoms with E-state index in [9.17, 15) is 0 Å². The Morgan fingerprint density at radius 2 is 1.43 bits per heavy atom. The third kappa shape index (κ3) is 5.36. The van der Waals surface area contributed by atoms with Gasteiger partial charge < -0.3 is 15.2 Å². The Balaban J connectivity index is 2.76. The minimum absolute atomic E-state index is 0.499. The van der Waals surface area contributed by atoms with E-state index in [0.717, 1.165) is 29.9 Å². The molecular weight excluding hydrogens is 346 g/mol. The summed E-state index contributed by atoms with van der Waals surface area (Å²) in [7, 11) is 0. The summed E-state index contributed by atoms with van der Waals surface area (Å²) in [6.07, 6.45) is 1.49. The molecule has 3 heteroatoms. The van der Waals surface area contributed by atoms with Crippen LogP contribution >= 0.6 is 0 Å². The van der Waals surface area contributed by atoms with Crippen LogP contribution < -0.4 is 10.5 Å². The Bertz CT molecular complexity index is 766. The molecule has 1 unspecified atom stereocenters. The van der Waals surface area contributed by atoms with Crippen molar-refractivity contribution in [1.82, 2.24) is 0 Å². The Morgan fingerprint density at radius 1 is 0.857 bits per heavy atom. The fraction of sp³-hybridized carbons (Fsp3) is 0.520. The van der Waals surface area contributed by atoms with Crippen molar-refractivity contribution in [2.75, 3.05) is 6.61 Å². The van der Waals surface area contributed by atoms with Crippen LogP contribution in [-0.2, 0) is 17.6 Å². The van der Waals surface area contributed by atoms with E-state index in [-0.39, 0.29) is 0 Å². The van der Waals surface area contributed by atoms with E-state index >= 15 is 0 Å². The average Bonchev–Trinajstić information content (AvgIpc) is 2.63. The van der Waals surface area contributed by atoms with Crippen LogP contribution in [0.1, 0.15) is 68.7 Å². The van der Waals surface area contributed by atoms with E-state index in [1.54, 1.807) is 0 Å². The van der Waals surface area contributed by atoms with Gasteiger partial charge in [0.05, 0.1) is 0 Å². The van der Waals surface area contributed by atoms with Gasteiger partial charge in [-0.1, -0.05) is 45.9 Å². The van der Waals surface area contributed by atoms with Crippen LogP contribution in [0.2, 0.25) is 0 Å². The van der Waals surface area contributed by atoms with Gasteiger partial charge in [0.25, 0.3) is 0 Å². The van der Waals surface area contributed by atoms with Crippen LogP contribution in [0.5, 0.6) is 11.5 Å². The Labute approximate surface area is 171 Å². The summed E-state index contributed by atoms with van der Waals surface area (Å²) in [4.78, 5) is 0. The normalized spacial score (nSPS) is 12.6. The van der Waals surface area contributed by atoms with Crippen LogP contribution in [0, 0.1) is 25.7 Å². The predicted octanol–water partition coefficient (Wildman–Crippen LogP) is 6.49. The first kappa shape index (κ1) is 22.4. The molecule has 0 spiro atoms. The number of rotatable bonds is 9. The number of benzene rings is 2. The average molecular weight is 384 g/mol. The smallest absolute Gasteiger partial charge is 0.138 e. The zero-order valence-electron chi connectivity index (χ0n) is 18.6. The molecule has 0 saturated heterocycles. The van der Waals surface area contributed by atoms with Gasteiger partial charge in [0, 0.05) is 12.2 Å². The monoisotopic (exact) mass is 383 g/mol. The summed E-state index contributed by atoms with van der Waals surface area (Å²) in [6, 6.07) is 9.98. The summed E-state index contributed by atoms with van der Waals surface area (Å²) in [5, 5.41) is 0. The Kier molecular flexibility index (Phi) is 8.09. The summed E-state index contributed by atoms with van der Waals surface area (Å²) < 4.78 is 12.3. The third-order valence-electron chi connectivity index (χ3n) is 5.12. The van der Waals surface area contributed by atoms with Gasteiger partial charge in [-0.3, -0.25) is 0 Å². The molecule has 1 atom stereocenters. The topological polar surface area (TPSA) is 44.5 Å². The molecule has 0 fully saturated rings. The van der Waals surface area contributed by atoms with Crippen molar-refractivity contribution >= 4 is 0 Å². The van der Waals surface area contributed by atoms with Crippen LogP contribution in [-0.4, -0.2) is 6.61 Å². The zero-order chi connectivity index (χ0) is 20.8. The SMILES string of the molecule is CCOC(N)c1c(C)c(C)c(CC(C)C)c(CC(C)C)c1Oc1ccccc1. The molecule has 0 aromatic heterocycles. The highest BCUT2D eigenvalue weighted by Gasteiger charge is 2.26. The quantitative estimate of drug-likeness (QED) is 0.504. The first-order chi connectivity index (χ1) is 13.3. The van der Waals surface area contributed by atoms with E-state index in [1.165, 1.54) is 22.3 Å². The van der Waals surface area contributed by atoms with Gasteiger partial charge in [0.1, 0.15) is 17.7 Å². The fourth-order valence-electron chi connectivity index (χ4n) is 3.76. The summed E-state index contributed by atoms with van der Waals surface area (Å²) in [5.41, 5.74) is 12.6. The molecule has 154 valence electrons. The van der Waals surface area contributed by atoms with Crippen molar-refractivity contribution < 1.29 is 9.47 Å². The van der Waals surface area contributed by atoms with Crippen LogP contribution in [0.25, 0.3) is 0 Å². The highest BCUT2D eigenvalue weighted by atomic mass is 16.5. The second kappa shape index (κ2) is 10.1. The molecule has 28 heavy (non-hydrogen) atoms. The molecule has 0 saturated carbocycles. The summed E-state index contributed by atoms with van der Waals surface area (Å²) in [6.45, 7) is 15.9. The first-order valence-corrected chi connectivity index (χ1v) is 10.5. The fourth-order valence-corrected chi connectivity index (χ4v) is 3.76. The summed E-state index contributed by atoms with van der Waals surface area (Å²) in [5.74, 6) is 2.80. The van der Waals surface area contributed by atoms with Gasteiger partial charge in [-0.15, -0.1) is 0 Å². The van der Waals surface area contributed by atoms with Crippen molar-refractivity contribution in [2.24, 2.45) is 17.6 Å². The van der Waals surface area contributed by atoms with Gasteiger partial charge >= 0.3 is 0 Å². The van der Waals surface area contributed by atoms with E-state index in [4.69, 9.17) is 15.2 Å². The lowest BCUT2D eigenvalue weighted by Gasteiger charge is -2.28. The number of nitrogens with two attached hydrogens (primary N) is 1. The molecule has 0 heterocycles. The van der Waals surface area contributed by atoms with Crippen molar-refractivity contribution in [3.05, 3.63) is 58.1 Å². The van der Waals surface area contributed by atoms with E-state index < -0.39 is 6.23 Å². The molecule has 3 nitrogen and oxygen atoms in total. The molecule has 2 rings (SSSR count). The van der Waals surface area contributed by atoms with Crippen LogP contribution in [0.3, 0.4) is 0 Å². The van der Waals surface area contributed by atoms with Gasteiger partial charge in [-0.2, -0.15) is 0 Å². The minimum Gasteiger partial charge on any atom is -0.457 e.